The van der Waals surface area contributed by atoms with Crippen molar-refractivity contribution in [1.29, 1.82) is 0 Å². The van der Waals surface area contributed by atoms with Crippen LogP contribution in [0.3, 0.4) is 0 Å². The van der Waals surface area contributed by atoms with Gasteiger partial charge in [-0.3, -0.25) is 9.78 Å². The Balaban J connectivity index is 1.41. The van der Waals surface area contributed by atoms with Gasteiger partial charge in [-0.25, -0.2) is 0 Å². The lowest BCUT2D eigenvalue weighted by molar-refractivity contribution is -0.110. The number of aromatic nitrogens is 1. The summed E-state index contributed by atoms with van der Waals surface area (Å²) in [6, 6.07) is 14.1. The average Bonchev–Trinajstić information content (AvgIpc) is 3.60. The molecule has 1 saturated heterocycles. The molecule has 28 heavy (non-hydrogen) atoms. The Bertz CT molecular complexity index is 847. The zero-order valence-electron chi connectivity index (χ0n) is 16.3. The molecule has 2 saturated carbocycles. The molecule has 0 bridgehead atoms. The first-order valence-corrected chi connectivity index (χ1v) is 10.7. The highest BCUT2D eigenvalue weighted by molar-refractivity contribution is 5.94. The number of pyridine rings is 1. The second-order valence-electron chi connectivity index (χ2n) is 8.74. The summed E-state index contributed by atoms with van der Waals surface area (Å²) in [7, 11) is 0. The first-order chi connectivity index (χ1) is 13.7. The monoisotopic (exact) mass is 376 g/mol. The van der Waals surface area contributed by atoms with Crippen LogP contribution in [0.25, 0.3) is 0 Å². The number of rotatable bonds is 3. The van der Waals surface area contributed by atoms with Crippen LogP contribution < -0.4 is 0 Å². The maximum Gasteiger partial charge on any atom is 0.255 e. The smallest absolute Gasteiger partial charge is 0.255 e. The van der Waals surface area contributed by atoms with E-state index in [1.54, 1.807) is 6.20 Å². The van der Waals surface area contributed by atoms with E-state index < -0.39 is 5.60 Å². The molecule has 3 fully saturated rings. The van der Waals surface area contributed by atoms with Crippen LogP contribution in [-0.2, 0) is 5.60 Å². The highest BCUT2D eigenvalue weighted by atomic mass is 16.3. The van der Waals surface area contributed by atoms with E-state index in [1.807, 2.05) is 47.4 Å². The minimum absolute atomic E-state index is 0.0712. The number of nitrogens with zero attached hydrogens (tertiary/aromatic N) is 2. The number of hydrogen-bond acceptors (Lipinski definition) is 3. The topological polar surface area (TPSA) is 53.4 Å². The predicted molar refractivity (Wildman–Crippen MR) is 108 cm³/mol. The minimum Gasteiger partial charge on any atom is -0.385 e. The molecule has 146 valence electrons. The van der Waals surface area contributed by atoms with Crippen LogP contribution in [0, 0.1) is 5.92 Å². The number of carbonyl (C=O) groups is 1. The SMILES string of the molecule is O=C(c1ccc(C2CC2)nc1)N1CCC(O)(c2ccccc2)[C@@H]2CCCC[C@@H]21. The maximum atomic E-state index is 13.3. The third-order valence-corrected chi connectivity index (χ3v) is 7.04. The van der Waals surface area contributed by atoms with Gasteiger partial charge in [-0.15, -0.1) is 0 Å². The van der Waals surface area contributed by atoms with E-state index in [1.165, 1.54) is 12.8 Å². The highest BCUT2D eigenvalue weighted by Gasteiger charge is 2.50. The van der Waals surface area contributed by atoms with Crippen molar-refractivity contribution in [3.8, 4) is 0 Å². The van der Waals surface area contributed by atoms with Crippen LogP contribution in [0.2, 0.25) is 0 Å². The van der Waals surface area contributed by atoms with Crippen molar-refractivity contribution >= 4 is 5.91 Å². The first kappa shape index (κ1) is 17.9. The molecule has 5 rings (SSSR count). The molecule has 3 aliphatic rings. The van der Waals surface area contributed by atoms with Gasteiger partial charge >= 0.3 is 0 Å². The lowest BCUT2D eigenvalue weighted by Crippen LogP contribution is -2.59. The number of aliphatic hydroxyl groups is 1. The minimum atomic E-state index is -0.836. The van der Waals surface area contributed by atoms with E-state index in [4.69, 9.17) is 0 Å². The largest absolute Gasteiger partial charge is 0.385 e. The Hall–Kier alpha value is -2.20. The molecule has 2 heterocycles. The molecule has 2 aliphatic carbocycles. The molecule has 4 nitrogen and oxygen atoms in total. The summed E-state index contributed by atoms with van der Waals surface area (Å²) in [5.74, 6) is 0.768. The van der Waals surface area contributed by atoms with Crippen molar-refractivity contribution in [1.82, 2.24) is 9.88 Å². The standard InChI is InChI=1S/C24H28N2O2/c27-23(18-12-13-21(25-16-18)17-10-11-17)26-15-14-24(28,19-6-2-1-3-7-19)20-8-4-5-9-22(20)26/h1-3,6-7,12-13,16-17,20,22,28H,4-5,8-11,14-15H2/t20-,22+,24?/m1/s1. The van der Waals surface area contributed by atoms with Gasteiger partial charge in [0.2, 0.25) is 0 Å². The Labute approximate surface area is 166 Å². The van der Waals surface area contributed by atoms with Crippen molar-refractivity contribution in [2.75, 3.05) is 6.54 Å². The third kappa shape index (κ3) is 3.04. The Morgan fingerprint density at radius 3 is 2.54 bits per heavy atom. The summed E-state index contributed by atoms with van der Waals surface area (Å²) < 4.78 is 0. The lowest BCUT2D eigenvalue weighted by Gasteiger charge is -2.52. The summed E-state index contributed by atoms with van der Waals surface area (Å²) >= 11 is 0. The molecule has 4 heteroatoms. The number of benzene rings is 1. The predicted octanol–water partition coefficient (Wildman–Crippen LogP) is 4.25. The third-order valence-electron chi connectivity index (χ3n) is 7.04. The second-order valence-corrected chi connectivity index (χ2v) is 8.74. The van der Waals surface area contributed by atoms with Crippen LogP contribution in [-0.4, -0.2) is 33.5 Å². The fraction of sp³-hybridized carbons (Fsp3) is 0.500. The van der Waals surface area contributed by atoms with E-state index >= 15 is 0 Å². The van der Waals surface area contributed by atoms with Crippen LogP contribution >= 0.6 is 0 Å². The number of amides is 1. The van der Waals surface area contributed by atoms with Gasteiger partial charge in [-0.2, -0.15) is 0 Å². The molecule has 1 aromatic heterocycles. The van der Waals surface area contributed by atoms with Crippen molar-refractivity contribution in [3.05, 3.63) is 65.5 Å². The number of carbonyl (C=O) groups excluding carboxylic acids is 1. The summed E-state index contributed by atoms with van der Waals surface area (Å²) in [4.78, 5) is 19.9. The molecule has 1 aromatic carbocycles. The van der Waals surface area contributed by atoms with Crippen LogP contribution in [0.5, 0.6) is 0 Å². The molecule has 0 radical (unpaired) electrons. The average molecular weight is 377 g/mol. The fourth-order valence-electron chi connectivity index (χ4n) is 5.34. The summed E-state index contributed by atoms with van der Waals surface area (Å²) in [5, 5.41) is 11.7. The van der Waals surface area contributed by atoms with Crippen molar-refractivity contribution in [3.63, 3.8) is 0 Å². The van der Waals surface area contributed by atoms with Crippen molar-refractivity contribution in [2.24, 2.45) is 5.92 Å². The van der Waals surface area contributed by atoms with Gasteiger partial charge in [-0.1, -0.05) is 43.2 Å². The Kier molecular flexibility index (Phi) is 4.47. The Morgan fingerprint density at radius 1 is 1.04 bits per heavy atom. The molecule has 1 aliphatic heterocycles. The zero-order chi connectivity index (χ0) is 19.1. The maximum absolute atomic E-state index is 13.3. The number of piperidine rings is 1. The molecule has 1 N–H and O–H groups in total. The van der Waals surface area contributed by atoms with Crippen LogP contribution in [0.4, 0.5) is 0 Å². The van der Waals surface area contributed by atoms with Gasteiger partial charge in [0, 0.05) is 36.3 Å². The van der Waals surface area contributed by atoms with E-state index in [0.29, 0.717) is 24.4 Å². The highest BCUT2D eigenvalue weighted by Crippen LogP contribution is 2.47. The van der Waals surface area contributed by atoms with Crippen molar-refractivity contribution < 1.29 is 9.90 Å². The first-order valence-electron chi connectivity index (χ1n) is 10.7. The van der Waals surface area contributed by atoms with Crippen molar-refractivity contribution in [2.45, 2.75) is 62.5 Å². The summed E-state index contributed by atoms with van der Waals surface area (Å²) in [6.07, 6.45) is 8.97. The van der Waals surface area contributed by atoms with E-state index in [-0.39, 0.29) is 17.9 Å². The Morgan fingerprint density at radius 2 is 1.82 bits per heavy atom. The van der Waals surface area contributed by atoms with Crippen LogP contribution in [0.15, 0.2) is 48.7 Å². The van der Waals surface area contributed by atoms with Gasteiger partial charge in [0.05, 0.1) is 11.2 Å². The number of likely N-dealkylation sites (tertiary alicyclic amines) is 1. The van der Waals surface area contributed by atoms with E-state index in [2.05, 4.69) is 4.98 Å². The lowest BCUT2D eigenvalue weighted by atomic mass is 9.66. The van der Waals surface area contributed by atoms with E-state index in [0.717, 1.165) is 36.9 Å². The summed E-state index contributed by atoms with van der Waals surface area (Å²) in [5.41, 5.74) is 1.95. The number of hydrogen-bond donors (Lipinski definition) is 1. The van der Waals surface area contributed by atoms with Gasteiger partial charge < -0.3 is 10.0 Å². The van der Waals surface area contributed by atoms with E-state index in [9.17, 15) is 9.90 Å². The molecule has 3 atom stereocenters. The summed E-state index contributed by atoms with van der Waals surface area (Å²) in [6.45, 7) is 0.593. The molecule has 1 unspecified atom stereocenters. The molecule has 0 spiro atoms. The van der Waals surface area contributed by atoms with Gasteiger partial charge in [0.15, 0.2) is 0 Å². The van der Waals surface area contributed by atoms with Crippen LogP contribution in [0.1, 0.15) is 72.5 Å². The zero-order valence-corrected chi connectivity index (χ0v) is 16.3. The van der Waals surface area contributed by atoms with Gasteiger partial charge in [-0.05, 0) is 49.8 Å². The molecular formula is C24H28N2O2. The fourth-order valence-corrected chi connectivity index (χ4v) is 5.34. The normalized spacial score (nSPS) is 30.0. The quantitative estimate of drug-likeness (QED) is 0.871. The molecule has 1 amide bonds. The molecule has 2 aromatic rings. The number of fused-ring (bicyclic) bond motifs is 1. The second kappa shape index (κ2) is 7.00. The molecular weight excluding hydrogens is 348 g/mol. The van der Waals surface area contributed by atoms with Gasteiger partial charge in [0.1, 0.15) is 0 Å². The van der Waals surface area contributed by atoms with Gasteiger partial charge in [0.25, 0.3) is 5.91 Å².